The summed E-state index contributed by atoms with van der Waals surface area (Å²) in [6.45, 7) is 2.57. The lowest BCUT2D eigenvalue weighted by molar-refractivity contribution is 0.419. The minimum absolute atomic E-state index is 0.165. The van der Waals surface area contributed by atoms with Gasteiger partial charge in [0, 0.05) is 23.9 Å². The zero-order valence-corrected chi connectivity index (χ0v) is 11.2. The number of fused-ring (bicyclic) bond motifs is 1. The van der Waals surface area contributed by atoms with Gasteiger partial charge in [-0.1, -0.05) is 18.2 Å². The van der Waals surface area contributed by atoms with Crippen LogP contribution in [0.25, 0.3) is 11.6 Å². The summed E-state index contributed by atoms with van der Waals surface area (Å²) >= 11 is 5.16. The van der Waals surface area contributed by atoms with Crippen LogP contribution in [0.2, 0.25) is 0 Å². The standard InChI is InChI=1S/C14H13N3OS/c1-2-17-13(18)12(16-14(17)19)7-9-8-15-11-6-4-3-5-10(9)11/h3-8,18H,2H2,1H3,(H,16,19)/b9-7+. The molecule has 4 nitrogen and oxygen atoms in total. The number of imidazole rings is 1. The number of aromatic amines is 1. The number of nitrogens with zero attached hydrogens (tertiary/aromatic N) is 2. The van der Waals surface area contributed by atoms with Gasteiger partial charge in [-0.3, -0.25) is 9.56 Å². The van der Waals surface area contributed by atoms with Gasteiger partial charge in [0.25, 0.3) is 0 Å². The maximum Gasteiger partial charge on any atom is 0.217 e. The highest BCUT2D eigenvalue weighted by Crippen LogP contribution is 2.33. The van der Waals surface area contributed by atoms with Crippen LogP contribution < -0.4 is 0 Å². The Kier molecular flexibility index (Phi) is 2.83. The molecule has 1 aromatic carbocycles. The van der Waals surface area contributed by atoms with Gasteiger partial charge in [0.1, 0.15) is 5.69 Å². The second-order valence-corrected chi connectivity index (χ2v) is 4.67. The maximum absolute atomic E-state index is 10.1. The molecule has 0 unspecified atom stereocenters. The van der Waals surface area contributed by atoms with E-state index in [0.717, 1.165) is 16.8 Å². The normalized spacial score (nSPS) is 15.1. The van der Waals surface area contributed by atoms with Crippen LogP contribution in [0.3, 0.4) is 0 Å². The Morgan fingerprint density at radius 2 is 2.21 bits per heavy atom. The second kappa shape index (κ2) is 4.51. The molecule has 0 fully saturated rings. The lowest BCUT2D eigenvalue weighted by Crippen LogP contribution is -1.92. The van der Waals surface area contributed by atoms with Gasteiger partial charge in [-0.05, 0) is 31.3 Å². The van der Waals surface area contributed by atoms with Crippen molar-refractivity contribution in [3.63, 3.8) is 0 Å². The molecule has 0 saturated heterocycles. The summed E-state index contributed by atoms with van der Waals surface area (Å²) < 4.78 is 2.18. The molecule has 2 heterocycles. The molecule has 1 aliphatic heterocycles. The molecular formula is C14H13N3OS. The van der Waals surface area contributed by atoms with E-state index in [0.29, 0.717) is 17.0 Å². The summed E-state index contributed by atoms with van der Waals surface area (Å²) in [6, 6.07) is 7.90. The molecule has 96 valence electrons. The SMILES string of the molecule is CCn1c(O)c(/C=C2\C=Nc3ccccc32)[nH]c1=S. The molecular weight excluding hydrogens is 258 g/mol. The third-order valence-electron chi connectivity index (χ3n) is 3.16. The Morgan fingerprint density at radius 1 is 1.42 bits per heavy atom. The van der Waals surface area contributed by atoms with Crippen molar-refractivity contribution in [2.75, 3.05) is 0 Å². The minimum atomic E-state index is 0.165. The van der Waals surface area contributed by atoms with Crippen LogP contribution in [0.1, 0.15) is 18.2 Å². The van der Waals surface area contributed by atoms with Crippen LogP contribution in [0, 0.1) is 4.77 Å². The Labute approximate surface area is 115 Å². The first kappa shape index (κ1) is 11.9. The van der Waals surface area contributed by atoms with Gasteiger partial charge in [0.05, 0.1) is 5.69 Å². The summed E-state index contributed by atoms with van der Waals surface area (Å²) in [4.78, 5) is 7.35. The molecule has 1 aromatic heterocycles. The Morgan fingerprint density at radius 3 is 2.95 bits per heavy atom. The number of aliphatic imine (C=N–C) groups is 1. The topological polar surface area (TPSA) is 53.3 Å². The summed E-state index contributed by atoms with van der Waals surface area (Å²) in [6.07, 6.45) is 3.66. The molecule has 0 amide bonds. The third kappa shape index (κ3) is 1.92. The zero-order valence-electron chi connectivity index (χ0n) is 10.4. The molecule has 0 bridgehead atoms. The van der Waals surface area contributed by atoms with Crippen molar-refractivity contribution in [1.82, 2.24) is 9.55 Å². The average molecular weight is 271 g/mol. The van der Waals surface area contributed by atoms with Gasteiger partial charge in [-0.2, -0.15) is 0 Å². The first-order valence-corrected chi connectivity index (χ1v) is 6.48. The smallest absolute Gasteiger partial charge is 0.217 e. The van der Waals surface area contributed by atoms with E-state index in [1.54, 1.807) is 10.8 Å². The van der Waals surface area contributed by atoms with Gasteiger partial charge in [0.15, 0.2) is 4.77 Å². The number of benzene rings is 1. The van der Waals surface area contributed by atoms with E-state index in [1.165, 1.54) is 0 Å². The number of aromatic nitrogens is 2. The maximum atomic E-state index is 10.1. The number of hydrogen-bond acceptors (Lipinski definition) is 3. The largest absolute Gasteiger partial charge is 0.493 e. The average Bonchev–Trinajstić information content (AvgIpc) is 2.93. The number of allylic oxidation sites excluding steroid dienone is 1. The highest BCUT2D eigenvalue weighted by Gasteiger charge is 2.13. The van der Waals surface area contributed by atoms with Gasteiger partial charge < -0.3 is 10.1 Å². The number of aromatic hydroxyl groups is 1. The van der Waals surface area contributed by atoms with E-state index in [-0.39, 0.29) is 5.88 Å². The molecule has 0 spiro atoms. The van der Waals surface area contributed by atoms with E-state index < -0.39 is 0 Å². The van der Waals surface area contributed by atoms with Crippen LogP contribution in [0.5, 0.6) is 5.88 Å². The summed E-state index contributed by atoms with van der Waals surface area (Å²) in [5, 5.41) is 10.1. The predicted octanol–water partition coefficient (Wildman–Crippen LogP) is 3.53. The first-order valence-electron chi connectivity index (χ1n) is 6.07. The molecule has 0 aliphatic carbocycles. The van der Waals surface area contributed by atoms with Gasteiger partial charge in [0.2, 0.25) is 5.88 Å². The Balaban J connectivity index is 2.10. The fourth-order valence-corrected chi connectivity index (χ4v) is 2.51. The highest BCUT2D eigenvalue weighted by molar-refractivity contribution is 7.71. The van der Waals surface area contributed by atoms with Crippen molar-refractivity contribution in [1.29, 1.82) is 0 Å². The van der Waals surface area contributed by atoms with Crippen molar-refractivity contribution in [3.8, 4) is 5.88 Å². The molecule has 2 N–H and O–H groups in total. The second-order valence-electron chi connectivity index (χ2n) is 4.29. The lowest BCUT2D eigenvalue weighted by atomic mass is 10.1. The molecule has 19 heavy (non-hydrogen) atoms. The fraction of sp³-hybridized carbons (Fsp3) is 0.143. The van der Waals surface area contributed by atoms with Crippen molar-refractivity contribution < 1.29 is 5.11 Å². The number of hydrogen-bond donors (Lipinski definition) is 2. The predicted molar refractivity (Wildman–Crippen MR) is 79.4 cm³/mol. The van der Waals surface area contributed by atoms with E-state index in [2.05, 4.69) is 9.98 Å². The fourth-order valence-electron chi connectivity index (χ4n) is 2.18. The molecule has 5 heteroatoms. The molecule has 2 aromatic rings. The van der Waals surface area contributed by atoms with Crippen LogP contribution >= 0.6 is 12.2 Å². The number of H-pyrrole nitrogens is 1. The zero-order chi connectivity index (χ0) is 13.4. The summed E-state index contributed by atoms with van der Waals surface area (Å²) in [7, 11) is 0. The van der Waals surface area contributed by atoms with E-state index in [1.807, 2.05) is 37.3 Å². The van der Waals surface area contributed by atoms with Crippen LogP contribution in [0.15, 0.2) is 29.3 Å². The Bertz CT molecular complexity index is 752. The third-order valence-corrected chi connectivity index (χ3v) is 3.48. The number of rotatable bonds is 2. The first-order chi connectivity index (χ1) is 9.20. The molecule has 1 aliphatic rings. The number of para-hydroxylation sites is 1. The molecule has 3 rings (SSSR count). The monoisotopic (exact) mass is 271 g/mol. The summed E-state index contributed by atoms with van der Waals surface area (Å²) in [5.41, 5.74) is 3.59. The lowest BCUT2D eigenvalue weighted by Gasteiger charge is -2.00. The van der Waals surface area contributed by atoms with Crippen LogP contribution in [-0.4, -0.2) is 20.9 Å². The van der Waals surface area contributed by atoms with Crippen LogP contribution in [-0.2, 0) is 6.54 Å². The van der Waals surface area contributed by atoms with Gasteiger partial charge >= 0.3 is 0 Å². The van der Waals surface area contributed by atoms with E-state index in [4.69, 9.17) is 12.2 Å². The molecule has 0 saturated carbocycles. The quantitative estimate of drug-likeness (QED) is 0.821. The van der Waals surface area contributed by atoms with Crippen LogP contribution in [0.4, 0.5) is 5.69 Å². The van der Waals surface area contributed by atoms with E-state index >= 15 is 0 Å². The van der Waals surface area contributed by atoms with Crippen molar-refractivity contribution in [2.45, 2.75) is 13.5 Å². The van der Waals surface area contributed by atoms with Crippen molar-refractivity contribution in [2.24, 2.45) is 4.99 Å². The van der Waals surface area contributed by atoms with Gasteiger partial charge in [-0.25, -0.2) is 0 Å². The number of nitrogens with one attached hydrogen (secondary N) is 1. The molecule has 0 atom stereocenters. The van der Waals surface area contributed by atoms with Crippen molar-refractivity contribution in [3.05, 3.63) is 40.3 Å². The van der Waals surface area contributed by atoms with E-state index in [9.17, 15) is 5.11 Å². The highest BCUT2D eigenvalue weighted by atomic mass is 32.1. The van der Waals surface area contributed by atoms with Gasteiger partial charge in [-0.15, -0.1) is 0 Å². The van der Waals surface area contributed by atoms with Crippen molar-refractivity contribution >= 4 is 35.8 Å². The molecule has 0 radical (unpaired) electrons. The Hall–Kier alpha value is -2.14. The minimum Gasteiger partial charge on any atom is -0.493 e. The summed E-state index contributed by atoms with van der Waals surface area (Å²) in [5.74, 6) is 0.165.